The van der Waals surface area contributed by atoms with Gasteiger partial charge in [0.25, 0.3) is 5.91 Å². The van der Waals surface area contributed by atoms with E-state index in [1.54, 1.807) is 0 Å². The van der Waals surface area contributed by atoms with Crippen LogP contribution in [0.1, 0.15) is 55.8 Å². The average Bonchev–Trinajstić information content (AvgIpc) is 2.44. The van der Waals surface area contributed by atoms with Gasteiger partial charge in [0.05, 0.1) is 10.6 Å². The van der Waals surface area contributed by atoms with Gasteiger partial charge in [-0.2, -0.15) is 0 Å². The van der Waals surface area contributed by atoms with E-state index in [0.29, 0.717) is 16.4 Å². The molecule has 5 heteroatoms. The van der Waals surface area contributed by atoms with Gasteiger partial charge in [-0.05, 0) is 37.7 Å². The number of carbonyl (C=O) groups excluding carboxylic acids is 1. The van der Waals surface area contributed by atoms with Crippen LogP contribution in [0.2, 0.25) is 5.02 Å². The van der Waals surface area contributed by atoms with Gasteiger partial charge >= 0.3 is 0 Å². The van der Waals surface area contributed by atoms with Crippen molar-refractivity contribution < 1.29 is 4.79 Å². The van der Waals surface area contributed by atoms with Crippen molar-refractivity contribution in [3.8, 4) is 0 Å². The minimum atomic E-state index is -0.150. The van der Waals surface area contributed by atoms with E-state index < -0.39 is 0 Å². The summed E-state index contributed by atoms with van der Waals surface area (Å²) in [5, 5.41) is 3.40. The van der Waals surface area contributed by atoms with Gasteiger partial charge < -0.3 is 11.1 Å². The van der Waals surface area contributed by atoms with Crippen molar-refractivity contribution in [2.45, 2.75) is 51.5 Å². The summed E-state index contributed by atoms with van der Waals surface area (Å²) >= 11 is 5.99. The molecule has 1 aromatic heterocycles. The zero-order valence-corrected chi connectivity index (χ0v) is 12.6. The molecule has 4 nitrogen and oxygen atoms in total. The summed E-state index contributed by atoms with van der Waals surface area (Å²) in [6.07, 6.45) is 8.46. The minimum Gasteiger partial charge on any atom is -0.384 e. The quantitative estimate of drug-likeness (QED) is 0.894. The van der Waals surface area contributed by atoms with Crippen LogP contribution in [0.15, 0.2) is 12.3 Å². The fourth-order valence-corrected chi connectivity index (χ4v) is 3.08. The van der Waals surface area contributed by atoms with Crippen molar-refractivity contribution in [2.75, 3.05) is 5.73 Å². The molecule has 110 valence electrons. The molecule has 0 spiro atoms. The molecule has 0 aromatic carbocycles. The number of nitrogens with two attached hydrogens (primary N) is 1. The Morgan fingerprint density at radius 2 is 2.15 bits per heavy atom. The molecule has 0 aliphatic heterocycles. The fraction of sp³-hybridized carbons (Fsp3) is 0.600. The first-order chi connectivity index (χ1) is 9.60. The van der Waals surface area contributed by atoms with Crippen molar-refractivity contribution in [1.29, 1.82) is 0 Å². The molecule has 3 N–H and O–H groups in total. The molecule has 1 aliphatic carbocycles. The molecule has 1 aliphatic rings. The van der Waals surface area contributed by atoms with E-state index in [-0.39, 0.29) is 11.9 Å². The second kappa shape index (κ2) is 6.93. The van der Waals surface area contributed by atoms with Gasteiger partial charge in [0.2, 0.25) is 0 Å². The van der Waals surface area contributed by atoms with Gasteiger partial charge in [0.1, 0.15) is 5.82 Å². The molecule has 1 aromatic rings. The van der Waals surface area contributed by atoms with Crippen LogP contribution in [0.5, 0.6) is 0 Å². The molecular formula is C15H22ClN3O. The van der Waals surface area contributed by atoms with Crippen LogP contribution in [0, 0.1) is 5.92 Å². The van der Waals surface area contributed by atoms with Crippen LogP contribution in [0.3, 0.4) is 0 Å². The Morgan fingerprint density at radius 1 is 1.45 bits per heavy atom. The van der Waals surface area contributed by atoms with Crippen LogP contribution in [0.25, 0.3) is 0 Å². The monoisotopic (exact) mass is 295 g/mol. The smallest absolute Gasteiger partial charge is 0.253 e. The van der Waals surface area contributed by atoms with E-state index in [2.05, 4.69) is 17.2 Å². The number of pyridine rings is 1. The second-order valence-electron chi connectivity index (χ2n) is 5.57. The number of amides is 1. The molecule has 0 bridgehead atoms. The number of halogens is 1. The van der Waals surface area contributed by atoms with Gasteiger partial charge in [-0.1, -0.05) is 31.4 Å². The average molecular weight is 296 g/mol. The summed E-state index contributed by atoms with van der Waals surface area (Å²) < 4.78 is 0. The molecule has 20 heavy (non-hydrogen) atoms. The number of anilines is 1. The summed E-state index contributed by atoms with van der Waals surface area (Å²) in [6, 6.07) is 1.78. The Hall–Kier alpha value is -1.29. The number of nitrogens with zero attached hydrogens (tertiary/aromatic N) is 1. The SMILES string of the molecule is CCCC1CCC(NC(=O)c2cc(N)ncc2Cl)CC1. The van der Waals surface area contributed by atoms with Gasteiger partial charge in [-0.25, -0.2) is 4.98 Å². The first kappa shape index (κ1) is 15.1. The maximum Gasteiger partial charge on any atom is 0.253 e. The minimum absolute atomic E-state index is 0.150. The zero-order chi connectivity index (χ0) is 14.5. The van der Waals surface area contributed by atoms with Gasteiger partial charge in [-0.15, -0.1) is 0 Å². The van der Waals surface area contributed by atoms with E-state index in [4.69, 9.17) is 17.3 Å². The third-order valence-corrected chi connectivity index (χ3v) is 4.30. The highest BCUT2D eigenvalue weighted by atomic mass is 35.5. The van der Waals surface area contributed by atoms with Crippen molar-refractivity contribution in [1.82, 2.24) is 10.3 Å². The Bertz CT molecular complexity index is 470. The highest BCUT2D eigenvalue weighted by Crippen LogP contribution is 2.28. The molecule has 0 radical (unpaired) electrons. The molecular weight excluding hydrogens is 274 g/mol. The number of carbonyl (C=O) groups is 1. The topological polar surface area (TPSA) is 68.0 Å². The van der Waals surface area contributed by atoms with E-state index >= 15 is 0 Å². The van der Waals surface area contributed by atoms with E-state index in [9.17, 15) is 4.79 Å². The maximum absolute atomic E-state index is 12.2. The van der Waals surface area contributed by atoms with Crippen molar-refractivity contribution in [3.05, 3.63) is 22.8 Å². The summed E-state index contributed by atoms with van der Waals surface area (Å²) in [5.41, 5.74) is 6.01. The third-order valence-electron chi connectivity index (χ3n) is 4.00. The van der Waals surface area contributed by atoms with Crippen LogP contribution in [-0.4, -0.2) is 16.9 Å². The highest BCUT2D eigenvalue weighted by Gasteiger charge is 2.23. The predicted molar refractivity (Wildman–Crippen MR) is 81.8 cm³/mol. The number of hydrogen-bond acceptors (Lipinski definition) is 3. The van der Waals surface area contributed by atoms with Gasteiger partial charge in [0.15, 0.2) is 0 Å². The fourth-order valence-electron chi connectivity index (χ4n) is 2.90. The Labute approximate surface area is 125 Å². The highest BCUT2D eigenvalue weighted by molar-refractivity contribution is 6.33. The Morgan fingerprint density at radius 3 is 2.80 bits per heavy atom. The lowest BCUT2D eigenvalue weighted by molar-refractivity contribution is 0.0921. The number of nitrogens with one attached hydrogen (secondary N) is 1. The van der Waals surface area contributed by atoms with E-state index in [0.717, 1.165) is 18.8 Å². The molecule has 0 saturated heterocycles. The van der Waals surface area contributed by atoms with Gasteiger partial charge in [0, 0.05) is 12.2 Å². The van der Waals surface area contributed by atoms with Crippen molar-refractivity contribution in [3.63, 3.8) is 0 Å². The first-order valence-electron chi connectivity index (χ1n) is 7.32. The molecule has 0 unspecified atom stereocenters. The standard InChI is InChI=1S/C15H22ClN3O/c1-2-3-10-4-6-11(7-5-10)19-15(20)12-8-14(17)18-9-13(12)16/h8-11H,2-7H2,1H3,(H2,17,18)(H,19,20). The largest absolute Gasteiger partial charge is 0.384 e. The number of hydrogen-bond donors (Lipinski definition) is 2. The molecule has 1 heterocycles. The molecule has 1 fully saturated rings. The van der Waals surface area contributed by atoms with Gasteiger partial charge in [-0.3, -0.25) is 4.79 Å². The second-order valence-corrected chi connectivity index (χ2v) is 5.98. The van der Waals surface area contributed by atoms with Crippen molar-refractivity contribution in [2.24, 2.45) is 5.92 Å². The summed E-state index contributed by atoms with van der Waals surface area (Å²) in [4.78, 5) is 16.1. The molecule has 1 amide bonds. The summed E-state index contributed by atoms with van der Waals surface area (Å²) in [5.74, 6) is 0.988. The maximum atomic E-state index is 12.2. The lowest BCUT2D eigenvalue weighted by Gasteiger charge is -2.29. The first-order valence-corrected chi connectivity index (χ1v) is 7.69. The summed E-state index contributed by atoms with van der Waals surface area (Å²) in [7, 11) is 0. The lowest BCUT2D eigenvalue weighted by atomic mass is 9.83. The van der Waals surface area contributed by atoms with Crippen LogP contribution in [-0.2, 0) is 0 Å². The lowest BCUT2D eigenvalue weighted by Crippen LogP contribution is -2.37. The number of nitrogen functional groups attached to an aromatic ring is 1. The Balaban J connectivity index is 1.91. The van der Waals surface area contributed by atoms with E-state index in [1.165, 1.54) is 37.9 Å². The third kappa shape index (κ3) is 3.85. The van der Waals surface area contributed by atoms with Crippen LogP contribution < -0.4 is 11.1 Å². The Kier molecular flexibility index (Phi) is 5.24. The number of aromatic nitrogens is 1. The predicted octanol–water partition coefficient (Wildman–Crippen LogP) is 3.41. The van der Waals surface area contributed by atoms with E-state index in [1.807, 2.05) is 0 Å². The zero-order valence-electron chi connectivity index (χ0n) is 11.9. The molecule has 0 atom stereocenters. The normalized spacial score (nSPS) is 22.5. The molecule has 1 saturated carbocycles. The molecule has 2 rings (SSSR count). The summed E-state index contributed by atoms with van der Waals surface area (Å²) in [6.45, 7) is 2.23. The van der Waals surface area contributed by atoms with Crippen molar-refractivity contribution >= 4 is 23.3 Å². The van der Waals surface area contributed by atoms with Crippen LogP contribution >= 0.6 is 11.6 Å². The van der Waals surface area contributed by atoms with Crippen LogP contribution in [0.4, 0.5) is 5.82 Å². The number of rotatable bonds is 4.